The van der Waals surface area contributed by atoms with Crippen molar-refractivity contribution in [3.63, 3.8) is 0 Å². The molecule has 2 heterocycles. The number of nitrogens with one attached hydrogen (secondary N) is 1. The van der Waals surface area contributed by atoms with Crippen LogP contribution in [0.4, 0.5) is 10.1 Å². The van der Waals surface area contributed by atoms with Gasteiger partial charge < -0.3 is 10.2 Å². The Morgan fingerprint density at radius 2 is 2.13 bits per heavy atom. The number of anilines is 1. The first-order valence-electron chi connectivity index (χ1n) is 7.83. The lowest BCUT2D eigenvalue weighted by Crippen LogP contribution is -2.45. The maximum absolute atomic E-state index is 14.2. The predicted molar refractivity (Wildman–Crippen MR) is 87.4 cm³/mol. The number of nitrogens with zero attached hydrogens (tertiary/aromatic N) is 3. The minimum atomic E-state index is -0.321. The van der Waals surface area contributed by atoms with E-state index in [1.165, 1.54) is 11.6 Å². The van der Waals surface area contributed by atoms with E-state index >= 15 is 0 Å². The van der Waals surface area contributed by atoms with Gasteiger partial charge in [0, 0.05) is 38.1 Å². The lowest BCUT2D eigenvalue weighted by Gasteiger charge is -2.35. The standard InChI is InChI=1S/C18H19FN4/c19-17-10-15(11-20)3-4-18(17)23-9-1-2-16(13-23)22-12-14-5-7-21-8-6-14/h3-8,10,16,22H,1-2,9,12-13H2/t16-/m1/s1. The van der Waals surface area contributed by atoms with E-state index in [1.807, 2.05) is 18.2 Å². The fraction of sp³-hybridized carbons (Fsp3) is 0.333. The number of nitriles is 1. The highest BCUT2D eigenvalue weighted by Crippen LogP contribution is 2.24. The molecule has 0 spiro atoms. The van der Waals surface area contributed by atoms with E-state index in [0.717, 1.165) is 32.5 Å². The quantitative estimate of drug-likeness (QED) is 0.943. The molecule has 3 rings (SSSR count). The Labute approximate surface area is 135 Å². The van der Waals surface area contributed by atoms with Gasteiger partial charge in [0.2, 0.25) is 0 Å². The van der Waals surface area contributed by atoms with Crippen molar-refractivity contribution in [3.05, 3.63) is 59.7 Å². The van der Waals surface area contributed by atoms with E-state index in [-0.39, 0.29) is 5.82 Å². The molecule has 0 saturated carbocycles. The highest BCUT2D eigenvalue weighted by atomic mass is 19.1. The molecule has 0 aliphatic carbocycles. The van der Waals surface area contributed by atoms with Crippen molar-refractivity contribution in [3.8, 4) is 6.07 Å². The summed E-state index contributed by atoms with van der Waals surface area (Å²) in [6.07, 6.45) is 5.68. The van der Waals surface area contributed by atoms with E-state index in [9.17, 15) is 4.39 Å². The minimum Gasteiger partial charge on any atom is -0.368 e. The summed E-state index contributed by atoms with van der Waals surface area (Å²) in [7, 11) is 0. The molecule has 1 aliphatic heterocycles. The first kappa shape index (κ1) is 15.4. The van der Waals surface area contributed by atoms with Crippen LogP contribution in [0, 0.1) is 17.1 Å². The van der Waals surface area contributed by atoms with Crippen molar-refractivity contribution < 1.29 is 4.39 Å². The fourth-order valence-corrected chi connectivity index (χ4v) is 2.96. The van der Waals surface area contributed by atoms with Gasteiger partial charge in [0.15, 0.2) is 0 Å². The first-order valence-corrected chi connectivity index (χ1v) is 7.83. The predicted octanol–water partition coefficient (Wildman–Crippen LogP) is 2.85. The summed E-state index contributed by atoms with van der Waals surface area (Å²) in [6.45, 7) is 2.40. The van der Waals surface area contributed by atoms with Crippen LogP contribution in [0.25, 0.3) is 0 Å². The van der Waals surface area contributed by atoms with Crippen LogP contribution in [-0.4, -0.2) is 24.1 Å². The number of pyridine rings is 1. The van der Waals surface area contributed by atoms with Crippen LogP contribution in [0.3, 0.4) is 0 Å². The Morgan fingerprint density at radius 1 is 1.30 bits per heavy atom. The molecule has 1 aromatic heterocycles. The van der Waals surface area contributed by atoms with Crippen molar-refractivity contribution >= 4 is 5.69 Å². The second-order valence-electron chi connectivity index (χ2n) is 5.80. The van der Waals surface area contributed by atoms with Gasteiger partial charge in [-0.3, -0.25) is 4.98 Å². The van der Waals surface area contributed by atoms with Crippen LogP contribution in [0.5, 0.6) is 0 Å². The first-order chi connectivity index (χ1) is 11.3. The Bertz CT molecular complexity index is 696. The normalized spacial score (nSPS) is 17.7. The molecule has 1 fully saturated rings. The van der Waals surface area contributed by atoms with Gasteiger partial charge in [-0.1, -0.05) is 0 Å². The van der Waals surface area contributed by atoms with Crippen LogP contribution in [-0.2, 0) is 6.54 Å². The van der Waals surface area contributed by atoms with Gasteiger partial charge in [0.05, 0.1) is 17.3 Å². The Hall–Kier alpha value is -2.45. The third kappa shape index (κ3) is 3.85. The summed E-state index contributed by atoms with van der Waals surface area (Å²) >= 11 is 0. The molecular weight excluding hydrogens is 291 g/mol. The van der Waals surface area contributed by atoms with Crippen molar-refractivity contribution in [1.82, 2.24) is 10.3 Å². The van der Waals surface area contributed by atoms with Gasteiger partial charge >= 0.3 is 0 Å². The third-order valence-corrected chi connectivity index (χ3v) is 4.18. The largest absolute Gasteiger partial charge is 0.368 e. The Balaban J connectivity index is 1.63. The molecule has 1 atom stereocenters. The van der Waals surface area contributed by atoms with E-state index < -0.39 is 0 Å². The molecule has 1 N–H and O–H groups in total. The minimum absolute atomic E-state index is 0.321. The summed E-state index contributed by atoms with van der Waals surface area (Å²) in [5.74, 6) is -0.321. The second kappa shape index (κ2) is 7.21. The molecule has 0 radical (unpaired) electrons. The van der Waals surface area contributed by atoms with Crippen molar-refractivity contribution in [1.29, 1.82) is 5.26 Å². The van der Waals surface area contributed by atoms with Crippen LogP contribution in [0.1, 0.15) is 24.0 Å². The van der Waals surface area contributed by atoms with E-state index in [0.29, 0.717) is 17.3 Å². The lowest BCUT2D eigenvalue weighted by atomic mass is 10.0. The summed E-state index contributed by atoms with van der Waals surface area (Å²) in [4.78, 5) is 6.07. The van der Waals surface area contributed by atoms with E-state index in [1.54, 1.807) is 24.5 Å². The molecule has 5 heteroatoms. The smallest absolute Gasteiger partial charge is 0.147 e. The zero-order chi connectivity index (χ0) is 16.1. The van der Waals surface area contributed by atoms with Crippen molar-refractivity contribution in [2.75, 3.05) is 18.0 Å². The van der Waals surface area contributed by atoms with Crippen LogP contribution in [0.15, 0.2) is 42.7 Å². The average molecular weight is 310 g/mol. The number of piperidine rings is 1. The monoisotopic (exact) mass is 310 g/mol. The van der Waals surface area contributed by atoms with Gasteiger partial charge in [-0.15, -0.1) is 0 Å². The third-order valence-electron chi connectivity index (χ3n) is 4.18. The van der Waals surface area contributed by atoms with Crippen LogP contribution >= 0.6 is 0 Å². The maximum Gasteiger partial charge on any atom is 0.147 e. The van der Waals surface area contributed by atoms with Crippen LogP contribution in [0.2, 0.25) is 0 Å². The van der Waals surface area contributed by atoms with E-state index in [4.69, 9.17) is 5.26 Å². The highest BCUT2D eigenvalue weighted by Gasteiger charge is 2.21. The summed E-state index contributed by atoms with van der Waals surface area (Å²) in [6, 6.07) is 11.0. The molecule has 1 aliphatic rings. The fourth-order valence-electron chi connectivity index (χ4n) is 2.96. The topological polar surface area (TPSA) is 52.0 Å². The second-order valence-corrected chi connectivity index (χ2v) is 5.80. The number of benzene rings is 1. The molecule has 0 bridgehead atoms. The summed E-state index contributed by atoms with van der Waals surface area (Å²) < 4.78 is 14.2. The van der Waals surface area contributed by atoms with Gasteiger partial charge in [-0.2, -0.15) is 5.26 Å². The van der Waals surface area contributed by atoms with Crippen molar-refractivity contribution in [2.24, 2.45) is 0 Å². The Morgan fingerprint density at radius 3 is 2.87 bits per heavy atom. The maximum atomic E-state index is 14.2. The van der Waals surface area contributed by atoms with Gasteiger partial charge in [0.1, 0.15) is 5.82 Å². The summed E-state index contributed by atoms with van der Waals surface area (Å²) in [5, 5.41) is 12.4. The van der Waals surface area contributed by atoms with Gasteiger partial charge in [-0.25, -0.2) is 4.39 Å². The van der Waals surface area contributed by atoms with Crippen molar-refractivity contribution in [2.45, 2.75) is 25.4 Å². The zero-order valence-electron chi connectivity index (χ0n) is 12.9. The summed E-state index contributed by atoms with van der Waals surface area (Å²) in [5.41, 5.74) is 2.14. The lowest BCUT2D eigenvalue weighted by molar-refractivity contribution is 0.418. The number of hydrogen-bond acceptors (Lipinski definition) is 4. The number of hydrogen-bond donors (Lipinski definition) is 1. The number of aromatic nitrogens is 1. The van der Waals surface area contributed by atoms with Crippen LogP contribution < -0.4 is 10.2 Å². The molecule has 1 saturated heterocycles. The number of halogens is 1. The SMILES string of the molecule is N#Cc1ccc(N2CCC[C@@H](NCc3ccncc3)C2)c(F)c1. The average Bonchev–Trinajstić information content (AvgIpc) is 2.61. The molecular formula is C18H19FN4. The molecule has 2 aromatic rings. The highest BCUT2D eigenvalue weighted by molar-refractivity contribution is 5.51. The molecule has 23 heavy (non-hydrogen) atoms. The zero-order valence-corrected chi connectivity index (χ0v) is 12.9. The molecule has 1 aromatic carbocycles. The molecule has 0 unspecified atom stereocenters. The number of rotatable bonds is 4. The molecule has 4 nitrogen and oxygen atoms in total. The van der Waals surface area contributed by atoms with E-state index in [2.05, 4.69) is 15.2 Å². The molecule has 118 valence electrons. The van der Waals surface area contributed by atoms with Gasteiger partial charge in [0.25, 0.3) is 0 Å². The molecule has 0 amide bonds. The van der Waals surface area contributed by atoms with Gasteiger partial charge in [-0.05, 0) is 48.7 Å². The Kier molecular flexibility index (Phi) is 4.84.